The normalized spacial score (nSPS) is 14.3. The first kappa shape index (κ1) is 25.8. The molecule has 0 unspecified atom stereocenters. The first-order valence-corrected chi connectivity index (χ1v) is 11.4. The van der Waals surface area contributed by atoms with Crippen LogP contribution in [0.4, 0.5) is 25.1 Å². The minimum Gasteiger partial charge on any atom is -0.461 e. The third-order valence-corrected chi connectivity index (χ3v) is 5.02. The Morgan fingerprint density at radius 3 is 1.79 bits per heavy atom. The Morgan fingerprint density at radius 2 is 1.27 bits per heavy atom. The summed E-state index contributed by atoms with van der Waals surface area (Å²) in [7, 11) is -9.82. The molecule has 0 atom stereocenters. The van der Waals surface area contributed by atoms with E-state index in [0.717, 1.165) is 12.1 Å². The van der Waals surface area contributed by atoms with Crippen LogP contribution in [0.1, 0.15) is 31.1 Å². The number of rotatable bonds is 9. The summed E-state index contributed by atoms with van der Waals surface area (Å²) in [6.07, 6.45) is 8.78. The molecule has 180 valence electrons. The van der Waals surface area contributed by atoms with Crippen LogP contribution < -0.4 is 19.5 Å². The summed E-state index contributed by atoms with van der Waals surface area (Å²) < 4.78 is 81.1. The largest absolute Gasteiger partial charge is 0.461 e. The lowest BCUT2D eigenvalue weighted by Gasteiger charge is -2.40. The maximum absolute atomic E-state index is 12.9. The highest BCUT2D eigenvalue weighted by Gasteiger charge is 2.65. The number of benzene rings is 2. The van der Waals surface area contributed by atoms with Crippen LogP contribution in [0.15, 0.2) is 78.3 Å². The maximum atomic E-state index is 12.9. The number of allylic oxidation sites excluding steroid dienone is 3. The van der Waals surface area contributed by atoms with Gasteiger partial charge in [-0.05, 0) is 57.2 Å². The molecule has 0 aliphatic carbocycles. The number of amides is 1. The van der Waals surface area contributed by atoms with Gasteiger partial charge in [0.25, 0.3) is 5.91 Å². The Morgan fingerprint density at radius 1 is 0.758 bits per heavy atom. The second-order valence-electron chi connectivity index (χ2n) is 6.48. The fraction of sp³-hybridized carbons (Fsp3) is 0.136. The van der Waals surface area contributed by atoms with E-state index < -0.39 is 21.0 Å². The lowest BCUT2D eigenvalue weighted by molar-refractivity contribution is 0.102. The quantitative estimate of drug-likeness (QED) is 0.283. The Hall–Kier alpha value is -3.47. The first-order chi connectivity index (χ1) is 15.3. The van der Waals surface area contributed by atoms with Crippen LogP contribution in [0.5, 0.6) is 17.2 Å². The summed E-state index contributed by atoms with van der Waals surface area (Å²) >= 11 is 0. The van der Waals surface area contributed by atoms with Crippen molar-refractivity contribution in [2.24, 2.45) is 0 Å². The fourth-order valence-electron chi connectivity index (χ4n) is 2.45. The Labute approximate surface area is 187 Å². The average Bonchev–Trinajstić information content (AvgIpc) is 2.73. The van der Waals surface area contributed by atoms with Crippen LogP contribution >= 0.6 is 10.2 Å². The molecule has 0 bridgehead atoms. The Kier molecular flexibility index (Phi) is 7.17. The lowest BCUT2D eigenvalue weighted by Crippen LogP contribution is -2.14. The molecule has 0 radical (unpaired) electrons. The van der Waals surface area contributed by atoms with E-state index in [-0.39, 0.29) is 40.6 Å². The van der Waals surface area contributed by atoms with Gasteiger partial charge in [0.05, 0.1) is 24.3 Å². The van der Waals surface area contributed by atoms with Crippen molar-refractivity contribution in [3.8, 4) is 17.2 Å². The molecule has 0 spiro atoms. The SMILES string of the molecule is CC=COc1ccc(C(=O)Nc2ccc(S(F)(F)(F)(F)F)cc2)c(OC=CC)c1OC=CC. The number of hydrogen-bond acceptors (Lipinski definition) is 4. The molecule has 0 saturated heterocycles. The van der Waals surface area contributed by atoms with E-state index in [1.54, 1.807) is 39.0 Å². The molecule has 11 heteroatoms. The molecule has 0 saturated carbocycles. The minimum atomic E-state index is -9.82. The van der Waals surface area contributed by atoms with Crippen LogP contribution in [0.25, 0.3) is 0 Å². The molecular weight excluding hydrogens is 469 g/mol. The van der Waals surface area contributed by atoms with E-state index in [2.05, 4.69) is 5.32 Å². The highest BCUT2D eigenvalue weighted by Crippen LogP contribution is 3.02. The minimum absolute atomic E-state index is 0.0330. The van der Waals surface area contributed by atoms with E-state index in [1.807, 2.05) is 0 Å². The molecule has 0 aliphatic rings. The standard InChI is InChI=1S/C22H22F5NO4S/c1-4-13-30-19-12-11-18(20(31-14-5-2)21(19)32-15-6-3)22(29)28-16-7-9-17(10-8-16)33(23,24,25,26)27/h4-15H,1-3H3,(H,28,29). The van der Waals surface area contributed by atoms with Gasteiger partial charge in [-0.15, -0.1) is 0 Å². The number of anilines is 1. The zero-order chi connectivity index (χ0) is 24.8. The van der Waals surface area contributed by atoms with Crippen molar-refractivity contribution >= 4 is 21.8 Å². The van der Waals surface area contributed by atoms with Crippen molar-refractivity contribution in [2.75, 3.05) is 5.32 Å². The van der Waals surface area contributed by atoms with Gasteiger partial charge >= 0.3 is 10.2 Å². The molecule has 1 N–H and O–H groups in total. The zero-order valence-corrected chi connectivity index (χ0v) is 18.7. The molecule has 1 amide bonds. The van der Waals surface area contributed by atoms with Gasteiger partial charge in [0, 0.05) is 5.69 Å². The summed E-state index contributed by atoms with van der Waals surface area (Å²) in [6.45, 7) is 5.10. The van der Waals surface area contributed by atoms with Gasteiger partial charge in [-0.3, -0.25) is 4.79 Å². The monoisotopic (exact) mass is 491 g/mol. The summed E-state index contributed by atoms with van der Waals surface area (Å²) in [5.41, 5.74) is -0.176. The second-order valence-corrected chi connectivity index (χ2v) is 8.89. The smallest absolute Gasteiger partial charge is 0.310 e. The molecule has 2 rings (SSSR count). The molecular formula is C22H22F5NO4S. The first-order valence-electron chi connectivity index (χ1n) is 9.46. The topological polar surface area (TPSA) is 56.8 Å². The number of ether oxygens (including phenoxy) is 3. The summed E-state index contributed by atoms with van der Waals surface area (Å²) in [5, 5.41) is 2.35. The van der Waals surface area contributed by atoms with Crippen molar-refractivity contribution < 1.29 is 38.4 Å². The van der Waals surface area contributed by atoms with Crippen molar-refractivity contribution in [1.82, 2.24) is 0 Å². The zero-order valence-electron chi connectivity index (χ0n) is 17.9. The molecule has 0 heterocycles. The van der Waals surface area contributed by atoms with Crippen LogP contribution in [0, 0.1) is 0 Å². The van der Waals surface area contributed by atoms with Crippen LogP contribution in [0.3, 0.4) is 0 Å². The predicted octanol–water partition coefficient (Wildman–Crippen LogP) is 8.33. The van der Waals surface area contributed by atoms with Crippen molar-refractivity contribution in [1.29, 1.82) is 0 Å². The van der Waals surface area contributed by atoms with Crippen molar-refractivity contribution in [2.45, 2.75) is 25.7 Å². The van der Waals surface area contributed by atoms with Crippen LogP contribution in [-0.2, 0) is 0 Å². The van der Waals surface area contributed by atoms with Gasteiger partial charge in [-0.25, -0.2) is 0 Å². The molecule has 0 aromatic heterocycles. The van der Waals surface area contributed by atoms with Gasteiger partial charge in [-0.2, -0.15) is 0 Å². The summed E-state index contributed by atoms with van der Waals surface area (Å²) in [4.78, 5) is 10.8. The highest BCUT2D eigenvalue weighted by atomic mass is 32.5. The van der Waals surface area contributed by atoms with Crippen LogP contribution in [-0.4, -0.2) is 5.91 Å². The van der Waals surface area contributed by atoms with E-state index in [4.69, 9.17) is 14.2 Å². The molecule has 0 fully saturated rings. The molecule has 5 nitrogen and oxygen atoms in total. The van der Waals surface area contributed by atoms with E-state index >= 15 is 0 Å². The average molecular weight is 491 g/mol. The predicted molar refractivity (Wildman–Crippen MR) is 119 cm³/mol. The number of halogens is 5. The Balaban J connectivity index is 2.46. The van der Waals surface area contributed by atoms with Gasteiger partial charge in [-0.1, -0.05) is 37.7 Å². The van der Waals surface area contributed by atoms with Gasteiger partial charge in [0.1, 0.15) is 4.90 Å². The molecule has 2 aromatic carbocycles. The second kappa shape index (κ2) is 9.18. The third-order valence-electron chi connectivity index (χ3n) is 3.85. The molecule has 33 heavy (non-hydrogen) atoms. The number of hydrogen-bond donors (Lipinski definition) is 1. The van der Waals surface area contributed by atoms with Gasteiger partial charge in [0.15, 0.2) is 11.5 Å². The van der Waals surface area contributed by atoms with Crippen LogP contribution in [0.2, 0.25) is 0 Å². The summed E-state index contributed by atoms with van der Waals surface area (Å²) in [5.74, 6) is -0.525. The summed E-state index contributed by atoms with van der Waals surface area (Å²) in [6, 6.07) is 4.69. The number of carbonyl (C=O) groups is 1. The van der Waals surface area contributed by atoms with E-state index in [1.165, 1.54) is 30.9 Å². The third kappa shape index (κ3) is 7.01. The maximum Gasteiger partial charge on any atom is 0.310 e. The molecule has 2 aromatic rings. The number of carbonyl (C=O) groups excluding carboxylic acids is 1. The van der Waals surface area contributed by atoms with E-state index in [9.17, 15) is 24.2 Å². The van der Waals surface area contributed by atoms with Gasteiger partial charge in [0.2, 0.25) is 5.75 Å². The van der Waals surface area contributed by atoms with Crippen molar-refractivity contribution in [3.63, 3.8) is 0 Å². The highest BCUT2D eigenvalue weighted by molar-refractivity contribution is 8.45. The van der Waals surface area contributed by atoms with Gasteiger partial charge < -0.3 is 19.5 Å². The Bertz CT molecular complexity index is 1100. The lowest BCUT2D eigenvalue weighted by atomic mass is 10.1. The number of nitrogens with one attached hydrogen (secondary N) is 1. The fourth-order valence-corrected chi connectivity index (χ4v) is 3.10. The molecule has 0 aliphatic heterocycles. The van der Waals surface area contributed by atoms with E-state index in [0.29, 0.717) is 0 Å². The van der Waals surface area contributed by atoms with Crippen molar-refractivity contribution in [3.05, 3.63) is 79.0 Å².